The van der Waals surface area contributed by atoms with Crippen LogP contribution in [0.3, 0.4) is 0 Å². The highest BCUT2D eigenvalue weighted by Gasteiger charge is 2.33. The number of hydrogen-bond acceptors (Lipinski definition) is 7. The fraction of sp³-hybridized carbons (Fsp3) is 0.286. The number of carbonyl (C=O) groups excluding carboxylic acids is 1. The summed E-state index contributed by atoms with van der Waals surface area (Å²) in [4.78, 5) is 13.1. The molecule has 1 atom stereocenters. The molecule has 1 N–H and O–H groups in total. The number of rotatable bonds is 8. The molecule has 1 amide bonds. The van der Waals surface area contributed by atoms with E-state index in [0.717, 1.165) is 21.9 Å². The smallest absolute Gasteiger partial charge is 0.250 e. The second-order valence-electron chi connectivity index (χ2n) is 7.04. The van der Waals surface area contributed by atoms with Crippen LogP contribution in [0, 0.1) is 6.92 Å². The van der Waals surface area contributed by atoms with Crippen LogP contribution in [0.4, 0.5) is 10.8 Å². The Morgan fingerprint density at radius 3 is 2.50 bits per heavy atom. The van der Waals surface area contributed by atoms with E-state index in [1.165, 1.54) is 11.3 Å². The standard InChI is InChI=1S/C21H23ClN4O4S2/c1-5-17(26(32(4,28)29)18-12-15(22)9-6-13(18)2)19(27)23-21-25-24-20(31-21)14-7-10-16(30-3)11-8-14/h6-12,17H,5H2,1-4H3,(H,23,25,27)/t17-/m0/s1. The zero-order valence-electron chi connectivity index (χ0n) is 18.0. The molecule has 3 rings (SSSR count). The zero-order valence-corrected chi connectivity index (χ0v) is 20.4. The molecule has 0 radical (unpaired) electrons. The van der Waals surface area contributed by atoms with Crippen LogP contribution in [0.5, 0.6) is 5.75 Å². The molecule has 0 aliphatic rings. The molecule has 32 heavy (non-hydrogen) atoms. The maximum Gasteiger partial charge on any atom is 0.250 e. The second kappa shape index (κ2) is 9.85. The lowest BCUT2D eigenvalue weighted by molar-refractivity contribution is -0.117. The summed E-state index contributed by atoms with van der Waals surface area (Å²) in [6.07, 6.45) is 1.31. The van der Waals surface area contributed by atoms with Gasteiger partial charge in [-0.1, -0.05) is 35.9 Å². The molecular formula is C21H23ClN4O4S2. The first-order chi connectivity index (χ1) is 15.1. The predicted molar refractivity (Wildman–Crippen MR) is 128 cm³/mol. The van der Waals surface area contributed by atoms with E-state index < -0.39 is 22.0 Å². The van der Waals surface area contributed by atoms with E-state index in [2.05, 4.69) is 15.5 Å². The van der Waals surface area contributed by atoms with E-state index in [0.29, 0.717) is 21.3 Å². The molecule has 3 aromatic rings. The number of sulfonamides is 1. The lowest BCUT2D eigenvalue weighted by atomic mass is 10.1. The van der Waals surface area contributed by atoms with E-state index in [-0.39, 0.29) is 11.6 Å². The predicted octanol–water partition coefficient (Wildman–Crippen LogP) is 4.36. The summed E-state index contributed by atoms with van der Waals surface area (Å²) in [6.45, 7) is 3.51. The fourth-order valence-corrected chi connectivity index (χ4v) is 5.35. The summed E-state index contributed by atoms with van der Waals surface area (Å²) in [5.74, 6) is 0.212. The molecule has 2 aromatic carbocycles. The quantitative estimate of drug-likeness (QED) is 0.499. The van der Waals surface area contributed by atoms with Gasteiger partial charge in [0.15, 0.2) is 0 Å². The zero-order chi connectivity index (χ0) is 23.5. The minimum absolute atomic E-state index is 0.245. The first-order valence-electron chi connectivity index (χ1n) is 9.68. The van der Waals surface area contributed by atoms with Crippen molar-refractivity contribution in [2.24, 2.45) is 0 Å². The minimum atomic E-state index is -3.78. The molecule has 0 unspecified atom stereocenters. The number of hydrogen-bond donors (Lipinski definition) is 1. The molecule has 0 saturated heterocycles. The van der Waals surface area contributed by atoms with Crippen molar-refractivity contribution in [3.8, 4) is 16.3 Å². The molecule has 0 spiro atoms. The fourth-order valence-electron chi connectivity index (χ4n) is 3.17. The topological polar surface area (TPSA) is 101 Å². The number of halogens is 1. The number of aromatic nitrogens is 2. The highest BCUT2D eigenvalue weighted by molar-refractivity contribution is 7.92. The van der Waals surface area contributed by atoms with E-state index in [1.807, 2.05) is 12.1 Å². The van der Waals surface area contributed by atoms with Gasteiger partial charge in [0, 0.05) is 10.6 Å². The van der Waals surface area contributed by atoms with Crippen LogP contribution in [0.1, 0.15) is 18.9 Å². The SMILES string of the molecule is CC[C@@H](C(=O)Nc1nnc(-c2ccc(OC)cc2)s1)N(c1cc(Cl)ccc1C)S(C)(=O)=O. The average Bonchev–Trinajstić information content (AvgIpc) is 3.21. The number of aryl methyl sites for hydroxylation is 1. The molecular weight excluding hydrogens is 472 g/mol. The van der Waals surface area contributed by atoms with Crippen molar-refractivity contribution in [2.45, 2.75) is 26.3 Å². The Labute approximate surface area is 196 Å². The molecule has 11 heteroatoms. The summed E-state index contributed by atoms with van der Waals surface area (Å²) in [6, 6.07) is 11.2. The molecule has 0 aliphatic heterocycles. The third-order valence-electron chi connectivity index (χ3n) is 4.73. The second-order valence-corrected chi connectivity index (χ2v) is 10.3. The first kappa shape index (κ1) is 24.0. The van der Waals surface area contributed by atoms with Crippen LogP contribution in [-0.4, -0.2) is 43.9 Å². The van der Waals surface area contributed by atoms with Gasteiger partial charge in [-0.25, -0.2) is 8.42 Å². The maximum atomic E-state index is 13.1. The van der Waals surface area contributed by atoms with Crippen molar-refractivity contribution in [1.29, 1.82) is 0 Å². The van der Waals surface area contributed by atoms with Gasteiger partial charge in [0.05, 0.1) is 19.1 Å². The number of methoxy groups -OCH3 is 1. The van der Waals surface area contributed by atoms with Crippen molar-refractivity contribution >= 4 is 49.7 Å². The van der Waals surface area contributed by atoms with Gasteiger partial charge in [-0.2, -0.15) is 0 Å². The van der Waals surface area contributed by atoms with Crippen LogP contribution in [0.15, 0.2) is 42.5 Å². The van der Waals surface area contributed by atoms with Crippen molar-refractivity contribution in [3.63, 3.8) is 0 Å². The van der Waals surface area contributed by atoms with Gasteiger partial charge < -0.3 is 4.74 Å². The summed E-state index contributed by atoms with van der Waals surface area (Å²) in [5.41, 5.74) is 1.87. The summed E-state index contributed by atoms with van der Waals surface area (Å²) >= 11 is 7.29. The Hall–Kier alpha value is -2.69. The van der Waals surface area contributed by atoms with Gasteiger partial charge in [-0.15, -0.1) is 10.2 Å². The molecule has 0 saturated carbocycles. The Morgan fingerprint density at radius 2 is 1.91 bits per heavy atom. The molecule has 0 aliphatic carbocycles. The molecule has 1 aromatic heterocycles. The number of nitrogens with zero attached hydrogens (tertiary/aromatic N) is 3. The van der Waals surface area contributed by atoms with Crippen LogP contribution in [0.25, 0.3) is 10.6 Å². The lowest BCUT2D eigenvalue weighted by Crippen LogP contribution is -2.47. The van der Waals surface area contributed by atoms with Crippen molar-refractivity contribution in [2.75, 3.05) is 23.0 Å². The third-order valence-corrected chi connectivity index (χ3v) is 7.02. The van der Waals surface area contributed by atoms with Gasteiger partial charge in [-0.3, -0.25) is 14.4 Å². The number of anilines is 2. The Balaban J connectivity index is 1.87. The number of benzene rings is 2. The first-order valence-corrected chi connectivity index (χ1v) is 12.7. The Bertz CT molecular complexity index is 1210. The Kier molecular flexibility index (Phi) is 7.37. The van der Waals surface area contributed by atoms with Crippen molar-refractivity contribution < 1.29 is 17.9 Å². The largest absolute Gasteiger partial charge is 0.497 e. The van der Waals surface area contributed by atoms with Crippen LogP contribution < -0.4 is 14.4 Å². The Morgan fingerprint density at radius 1 is 1.22 bits per heavy atom. The summed E-state index contributed by atoms with van der Waals surface area (Å²) < 4.78 is 31.6. The number of amides is 1. The van der Waals surface area contributed by atoms with Gasteiger partial charge in [0.1, 0.15) is 16.8 Å². The number of carbonyl (C=O) groups is 1. The number of ether oxygens (including phenoxy) is 1. The van der Waals surface area contributed by atoms with Gasteiger partial charge in [-0.05, 0) is 55.3 Å². The minimum Gasteiger partial charge on any atom is -0.497 e. The average molecular weight is 495 g/mol. The van der Waals surface area contributed by atoms with Crippen molar-refractivity contribution in [3.05, 3.63) is 53.1 Å². The van der Waals surface area contributed by atoms with Crippen LogP contribution >= 0.6 is 22.9 Å². The summed E-state index contributed by atoms with van der Waals surface area (Å²) in [7, 11) is -2.20. The van der Waals surface area contributed by atoms with Crippen LogP contribution in [-0.2, 0) is 14.8 Å². The number of nitrogens with one attached hydrogen (secondary N) is 1. The molecule has 170 valence electrons. The maximum absolute atomic E-state index is 13.1. The van der Waals surface area contributed by atoms with Crippen LogP contribution in [0.2, 0.25) is 5.02 Å². The van der Waals surface area contributed by atoms with E-state index >= 15 is 0 Å². The highest BCUT2D eigenvalue weighted by atomic mass is 35.5. The van der Waals surface area contributed by atoms with Crippen molar-refractivity contribution in [1.82, 2.24) is 10.2 Å². The monoisotopic (exact) mass is 494 g/mol. The summed E-state index contributed by atoms with van der Waals surface area (Å²) in [5, 5.41) is 12.1. The van der Waals surface area contributed by atoms with Gasteiger partial charge in [0.2, 0.25) is 21.1 Å². The van der Waals surface area contributed by atoms with Gasteiger partial charge >= 0.3 is 0 Å². The molecule has 1 heterocycles. The molecule has 0 bridgehead atoms. The molecule has 8 nitrogen and oxygen atoms in total. The molecule has 0 fully saturated rings. The van der Waals surface area contributed by atoms with E-state index in [9.17, 15) is 13.2 Å². The highest BCUT2D eigenvalue weighted by Crippen LogP contribution is 2.31. The lowest BCUT2D eigenvalue weighted by Gasteiger charge is -2.31. The normalized spacial score (nSPS) is 12.3. The van der Waals surface area contributed by atoms with E-state index in [4.69, 9.17) is 16.3 Å². The third kappa shape index (κ3) is 5.37. The van der Waals surface area contributed by atoms with E-state index in [1.54, 1.807) is 51.3 Å². The van der Waals surface area contributed by atoms with Gasteiger partial charge in [0.25, 0.3) is 0 Å².